The van der Waals surface area contributed by atoms with E-state index in [1.54, 1.807) is 17.6 Å². The molecule has 0 radical (unpaired) electrons. The third kappa shape index (κ3) is 2.91. The molecule has 0 bridgehead atoms. The number of hydrogen-bond donors (Lipinski definition) is 1. The lowest BCUT2D eigenvalue weighted by Gasteiger charge is -2.02. The van der Waals surface area contributed by atoms with Gasteiger partial charge in [0, 0.05) is 17.0 Å². The van der Waals surface area contributed by atoms with Gasteiger partial charge >= 0.3 is 0 Å². The summed E-state index contributed by atoms with van der Waals surface area (Å²) < 4.78 is 5.41. The highest BCUT2D eigenvalue weighted by Crippen LogP contribution is 2.35. The van der Waals surface area contributed by atoms with Gasteiger partial charge in [-0.1, -0.05) is 37.3 Å². The Morgan fingerprint density at radius 2 is 2.00 bits per heavy atom. The minimum atomic E-state index is 0.843. The van der Waals surface area contributed by atoms with E-state index < -0.39 is 0 Å². The van der Waals surface area contributed by atoms with Crippen LogP contribution in [0.2, 0.25) is 0 Å². The van der Waals surface area contributed by atoms with Crippen molar-refractivity contribution in [3.63, 3.8) is 0 Å². The van der Waals surface area contributed by atoms with Crippen LogP contribution in [0.15, 0.2) is 47.1 Å². The van der Waals surface area contributed by atoms with E-state index in [-0.39, 0.29) is 0 Å². The highest BCUT2D eigenvalue weighted by molar-refractivity contribution is 7.15. The molecule has 2 aromatic heterocycles. The molecule has 3 nitrogen and oxygen atoms in total. The average Bonchev–Trinajstić information content (AvgIpc) is 3.12. The molecule has 3 aromatic rings. The lowest BCUT2D eigenvalue weighted by Crippen LogP contribution is -2.11. The van der Waals surface area contributed by atoms with Crippen molar-refractivity contribution >= 4 is 11.3 Å². The van der Waals surface area contributed by atoms with E-state index in [1.165, 1.54) is 4.88 Å². The minimum absolute atomic E-state index is 0.843. The molecule has 108 valence electrons. The van der Waals surface area contributed by atoms with E-state index >= 15 is 0 Å². The molecule has 0 aliphatic heterocycles. The van der Waals surface area contributed by atoms with Gasteiger partial charge in [-0.15, -0.1) is 11.3 Å². The minimum Gasteiger partial charge on any atom is -0.469 e. The molecule has 1 aromatic carbocycles. The van der Waals surface area contributed by atoms with Crippen LogP contribution in [0.1, 0.15) is 17.6 Å². The first-order valence-corrected chi connectivity index (χ1v) is 7.91. The van der Waals surface area contributed by atoms with Crippen molar-refractivity contribution in [3.05, 3.63) is 53.3 Å². The summed E-state index contributed by atoms with van der Waals surface area (Å²) >= 11 is 1.73. The standard InChI is InChI=1S/C17H18N2OS/c1-3-18-11-15-16(13-7-5-4-6-8-13)19-17(21-15)14-9-10-20-12(14)2/h4-10,18H,3,11H2,1-2H3. The molecule has 0 unspecified atom stereocenters. The monoisotopic (exact) mass is 298 g/mol. The van der Waals surface area contributed by atoms with Gasteiger partial charge in [-0.2, -0.15) is 0 Å². The number of rotatable bonds is 5. The SMILES string of the molecule is CCNCc1sc(-c2ccoc2C)nc1-c1ccccc1. The molecule has 0 spiro atoms. The van der Waals surface area contributed by atoms with Crippen molar-refractivity contribution in [1.29, 1.82) is 0 Å². The van der Waals surface area contributed by atoms with Crippen molar-refractivity contribution in [2.24, 2.45) is 0 Å². The fourth-order valence-electron chi connectivity index (χ4n) is 2.25. The molecule has 1 N–H and O–H groups in total. The molecule has 2 heterocycles. The second-order valence-corrected chi connectivity index (χ2v) is 5.91. The van der Waals surface area contributed by atoms with Crippen LogP contribution in [0.5, 0.6) is 0 Å². The van der Waals surface area contributed by atoms with Gasteiger partial charge in [0.2, 0.25) is 0 Å². The summed E-state index contributed by atoms with van der Waals surface area (Å²) in [5.41, 5.74) is 3.31. The number of benzene rings is 1. The Morgan fingerprint density at radius 1 is 1.19 bits per heavy atom. The topological polar surface area (TPSA) is 38.1 Å². The first-order chi connectivity index (χ1) is 10.3. The number of aromatic nitrogens is 1. The summed E-state index contributed by atoms with van der Waals surface area (Å²) in [6.45, 7) is 5.88. The van der Waals surface area contributed by atoms with Crippen LogP contribution < -0.4 is 5.32 Å². The van der Waals surface area contributed by atoms with Crippen LogP contribution in [0.4, 0.5) is 0 Å². The van der Waals surface area contributed by atoms with Gasteiger partial charge in [0.25, 0.3) is 0 Å². The summed E-state index contributed by atoms with van der Waals surface area (Å²) in [6.07, 6.45) is 1.72. The van der Waals surface area contributed by atoms with Crippen LogP contribution in [-0.4, -0.2) is 11.5 Å². The summed E-state index contributed by atoms with van der Waals surface area (Å²) in [5.74, 6) is 0.915. The number of nitrogens with one attached hydrogen (secondary N) is 1. The molecule has 0 amide bonds. The first-order valence-electron chi connectivity index (χ1n) is 7.10. The van der Waals surface area contributed by atoms with Crippen LogP contribution >= 0.6 is 11.3 Å². The lowest BCUT2D eigenvalue weighted by molar-refractivity contribution is 0.535. The maximum absolute atomic E-state index is 5.41. The zero-order valence-electron chi connectivity index (χ0n) is 12.2. The molecule has 0 aliphatic carbocycles. The second kappa shape index (κ2) is 6.24. The Kier molecular flexibility index (Phi) is 4.18. The summed E-state index contributed by atoms with van der Waals surface area (Å²) in [5, 5.41) is 4.42. The van der Waals surface area contributed by atoms with Crippen LogP contribution in [0.3, 0.4) is 0 Å². The van der Waals surface area contributed by atoms with Gasteiger partial charge in [0.15, 0.2) is 0 Å². The number of aryl methyl sites for hydroxylation is 1. The second-order valence-electron chi connectivity index (χ2n) is 4.83. The lowest BCUT2D eigenvalue weighted by atomic mass is 10.1. The Balaban J connectivity index is 2.05. The molecule has 0 atom stereocenters. The number of nitrogens with zero attached hydrogens (tertiary/aromatic N) is 1. The molecular formula is C17H18N2OS. The van der Waals surface area contributed by atoms with Gasteiger partial charge in [-0.05, 0) is 19.5 Å². The van der Waals surface area contributed by atoms with Gasteiger partial charge < -0.3 is 9.73 Å². The van der Waals surface area contributed by atoms with Gasteiger partial charge in [-0.25, -0.2) is 4.98 Å². The number of thiazole rings is 1. The number of furan rings is 1. The third-order valence-electron chi connectivity index (χ3n) is 3.37. The Labute approximate surface area is 128 Å². The highest BCUT2D eigenvalue weighted by atomic mass is 32.1. The third-order valence-corrected chi connectivity index (χ3v) is 4.46. The molecule has 0 saturated carbocycles. The first kappa shape index (κ1) is 14.0. The Hall–Kier alpha value is -1.91. The van der Waals surface area contributed by atoms with Crippen molar-refractivity contribution < 1.29 is 4.42 Å². The summed E-state index contributed by atoms with van der Waals surface area (Å²) in [7, 11) is 0. The molecule has 3 rings (SSSR count). The van der Waals surface area contributed by atoms with E-state index in [9.17, 15) is 0 Å². The normalized spacial score (nSPS) is 11.0. The van der Waals surface area contributed by atoms with E-state index in [0.29, 0.717) is 0 Å². The largest absolute Gasteiger partial charge is 0.469 e. The van der Waals surface area contributed by atoms with Gasteiger partial charge in [0.05, 0.1) is 17.5 Å². The van der Waals surface area contributed by atoms with Gasteiger partial charge in [0.1, 0.15) is 10.8 Å². The molecule has 0 aliphatic rings. The van der Waals surface area contributed by atoms with Crippen molar-refractivity contribution in [2.75, 3.05) is 6.54 Å². The fraction of sp³-hybridized carbons (Fsp3) is 0.235. The zero-order chi connectivity index (χ0) is 14.7. The molecule has 4 heteroatoms. The Morgan fingerprint density at radius 3 is 2.67 bits per heavy atom. The molecular weight excluding hydrogens is 280 g/mol. The van der Waals surface area contributed by atoms with Crippen molar-refractivity contribution in [3.8, 4) is 21.8 Å². The maximum Gasteiger partial charge on any atom is 0.127 e. The smallest absolute Gasteiger partial charge is 0.127 e. The van der Waals surface area contributed by atoms with Crippen LogP contribution in [0.25, 0.3) is 21.8 Å². The average molecular weight is 298 g/mol. The van der Waals surface area contributed by atoms with E-state index in [0.717, 1.165) is 40.7 Å². The highest BCUT2D eigenvalue weighted by Gasteiger charge is 2.16. The van der Waals surface area contributed by atoms with E-state index in [1.807, 2.05) is 19.1 Å². The number of hydrogen-bond acceptors (Lipinski definition) is 4. The Bertz CT molecular complexity index is 715. The summed E-state index contributed by atoms with van der Waals surface area (Å²) in [6, 6.07) is 12.3. The van der Waals surface area contributed by atoms with Crippen LogP contribution in [0, 0.1) is 6.92 Å². The predicted molar refractivity (Wildman–Crippen MR) is 87.4 cm³/mol. The van der Waals surface area contributed by atoms with E-state index in [2.05, 4.69) is 36.5 Å². The predicted octanol–water partition coefficient (Wildman–Crippen LogP) is 4.49. The molecule has 21 heavy (non-hydrogen) atoms. The molecule has 0 fully saturated rings. The van der Waals surface area contributed by atoms with E-state index in [4.69, 9.17) is 9.40 Å². The molecule has 0 saturated heterocycles. The van der Waals surface area contributed by atoms with Crippen molar-refractivity contribution in [1.82, 2.24) is 10.3 Å². The quantitative estimate of drug-likeness (QED) is 0.754. The zero-order valence-corrected chi connectivity index (χ0v) is 13.0. The summed E-state index contributed by atoms with van der Waals surface area (Å²) in [4.78, 5) is 6.12. The fourth-order valence-corrected chi connectivity index (χ4v) is 3.38. The van der Waals surface area contributed by atoms with Crippen molar-refractivity contribution in [2.45, 2.75) is 20.4 Å². The van der Waals surface area contributed by atoms with Gasteiger partial charge in [-0.3, -0.25) is 0 Å². The van der Waals surface area contributed by atoms with Crippen LogP contribution in [-0.2, 0) is 6.54 Å². The maximum atomic E-state index is 5.41.